The zero-order valence-corrected chi connectivity index (χ0v) is 15.1. The molecule has 2 heterocycles. The average Bonchev–Trinajstić information content (AvgIpc) is 3.03. The van der Waals surface area contributed by atoms with Crippen LogP contribution in [-0.2, 0) is 21.9 Å². The molecule has 0 unspecified atom stereocenters. The third-order valence-corrected chi connectivity index (χ3v) is 5.75. The van der Waals surface area contributed by atoms with Crippen LogP contribution in [0.1, 0.15) is 16.8 Å². The molecule has 1 amide bonds. The number of nitrogens with zero attached hydrogens (tertiary/aromatic N) is 1. The Kier molecular flexibility index (Phi) is 3.54. The van der Waals surface area contributed by atoms with Crippen molar-refractivity contribution in [2.45, 2.75) is 11.8 Å². The van der Waals surface area contributed by atoms with Crippen LogP contribution in [0.5, 0.6) is 0 Å². The standard InChI is InChI=1S/C19H17N3O3S/c1-11-14(13-5-3-4-6-18(13)22(11)2)10-16-15-9-12(26(20,24)25)7-8-17(15)21-19(16)23/h3-10H,1-2H3,(H,21,23)(H2,20,24,25)/b16-10-. The van der Waals surface area contributed by atoms with Crippen molar-refractivity contribution < 1.29 is 13.2 Å². The number of carbonyl (C=O) groups is 1. The Labute approximate surface area is 151 Å². The van der Waals surface area contributed by atoms with Gasteiger partial charge in [-0.1, -0.05) is 18.2 Å². The molecule has 3 N–H and O–H groups in total. The van der Waals surface area contributed by atoms with Gasteiger partial charge in [-0.3, -0.25) is 4.79 Å². The summed E-state index contributed by atoms with van der Waals surface area (Å²) in [6.07, 6.45) is 1.81. The Balaban J connectivity index is 1.96. The maximum Gasteiger partial charge on any atom is 0.256 e. The molecule has 2 aromatic carbocycles. The van der Waals surface area contributed by atoms with Gasteiger partial charge in [0, 0.05) is 46.0 Å². The van der Waals surface area contributed by atoms with Crippen LogP contribution in [-0.4, -0.2) is 18.9 Å². The maximum atomic E-state index is 12.5. The summed E-state index contributed by atoms with van der Waals surface area (Å²) in [6.45, 7) is 1.99. The first-order chi connectivity index (χ1) is 12.3. The molecule has 1 aliphatic rings. The Morgan fingerprint density at radius 2 is 1.88 bits per heavy atom. The summed E-state index contributed by atoms with van der Waals surface area (Å²) in [7, 11) is -1.87. The number of sulfonamides is 1. The van der Waals surface area contributed by atoms with E-state index in [0.717, 1.165) is 22.2 Å². The van der Waals surface area contributed by atoms with Gasteiger partial charge in [0.15, 0.2) is 0 Å². The zero-order chi connectivity index (χ0) is 18.6. The van der Waals surface area contributed by atoms with Crippen molar-refractivity contribution in [1.82, 2.24) is 4.57 Å². The highest BCUT2D eigenvalue weighted by molar-refractivity contribution is 7.89. The van der Waals surface area contributed by atoms with Crippen molar-refractivity contribution in [3.05, 3.63) is 59.3 Å². The highest BCUT2D eigenvalue weighted by Crippen LogP contribution is 2.36. The predicted molar refractivity (Wildman–Crippen MR) is 102 cm³/mol. The molecule has 4 rings (SSSR count). The van der Waals surface area contributed by atoms with Gasteiger partial charge in [-0.15, -0.1) is 0 Å². The van der Waals surface area contributed by atoms with Gasteiger partial charge >= 0.3 is 0 Å². The van der Waals surface area contributed by atoms with Gasteiger partial charge in [-0.05, 0) is 37.3 Å². The molecule has 1 aromatic heterocycles. The topological polar surface area (TPSA) is 94.2 Å². The van der Waals surface area contributed by atoms with Crippen LogP contribution in [0.3, 0.4) is 0 Å². The van der Waals surface area contributed by atoms with Gasteiger partial charge in [0.1, 0.15) is 0 Å². The molecule has 0 saturated carbocycles. The second-order valence-electron chi connectivity index (χ2n) is 6.34. The fourth-order valence-electron chi connectivity index (χ4n) is 3.36. The van der Waals surface area contributed by atoms with Crippen molar-refractivity contribution in [1.29, 1.82) is 0 Å². The lowest BCUT2D eigenvalue weighted by Gasteiger charge is -2.03. The molecular formula is C19H17N3O3S. The van der Waals surface area contributed by atoms with E-state index in [1.165, 1.54) is 12.1 Å². The molecule has 0 saturated heterocycles. The van der Waals surface area contributed by atoms with Crippen LogP contribution >= 0.6 is 0 Å². The number of nitrogens with two attached hydrogens (primary N) is 1. The quantitative estimate of drug-likeness (QED) is 0.682. The zero-order valence-electron chi connectivity index (χ0n) is 14.3. The number of primary sulfonamides is 1. The molecule has 1 aliphatic heterocycles. The van der Waals surface area contributed by atoms with Crippen molar-refractivity contribution in [3.63, 3.8) is 0 Å². The van der Waals surface area contributed by atoms with Crippen LogP contribution in [0.15, 0.2) is 47.4 Å². The molecule has 0 spiro atoms. The smallest absolute Gasteiger partial charge is 0.256 e. The highest BCUT2D eigenvalue weighted by atomic mass is 32.2. The largest absolute Gasteiger partial charge is 0.347 e. The minimum atomic E-state index is -3.85. The van der Waals surface area contributed by atoms with E-state index in [9.17, 15) is 13.2 Å². The third-order valence-electron chi connectivity index (χ3n) is 4.84. The van der Waals surface area contributed by atoms with Crippen LogP contribution in [0.25, 0.3) is 22.6 Å². The minimum Gasteiger partial charge on any atom is -0.347 e. The molecule has 132 valence electrons. The highest BCUT2D eigenvalue weighted by Gasteiger charge is 2.26. The number of aryl methyl sites for hydroxylation is 1. The molecule has 0 aliphatic carbocycles. The van der Waals surface area contributed by atoms with E-state index < -0.39 is 10.0 Å². The monoisotopic (exact) mass is 367 g/mol. The SMILES string of the molecule is Cc1c(/C=C2\C(=O)Nc3ccc(S(N)(=O)=O)cc32)c2ccccc2n1C. The molecule has 7 heteroatoms. The van der Waals surface area contributed by atoms with E-state index in [1.54, 1.807) is 6.07 Å². The number of fused-ring (bicyclic) bond motifs is 2. The summed E-state index contributed by atoms with van der Waals surface area (Å²) in [5.74, 6) is -0.265. The molecule has 26 heavy (non-hydrogen) atoms. The fourth-order valence-corrected chi connectivity index (χ4v) is 3.90. The summed E-state index contributed by atoms with van der Waals surface area (Å²) in [6, 6.07) is 12.3. The summed E-state index contributed by atoms with van der Waals surface area (Å²) in [5, 5.41) is 9.03. The van der Waals surface area contributed by atoms with Crippen molar-refractivity contribution in [2.75, 3.05) is 5.32 Å². The molecule has 6 nitrogen and oxygen atoms in total. The Morgan fingerprint density at radius 1 is 1.15 bits per heavy atom. The van der Waals surface area contributed by atoms with Gasteiger partial charge in [0.2, 0.25) is 10.0 Å². The average molecular weight is 367 g/mol. The van der Waals surface area contributed by atoms with E-state index in [1.807, 2.05) is 44.3 Å². The van der Waals surface area contributed by atoms with Gasteiger partial charge < -0.3 is 9.88 Å². The number of hydrogen-bond donors (Lipinski definition) is 2. The van der Waals surface area contributed by atoms with Crippen LogP contribution in [0.4, 0.5) is 5.69 Å². The van der Waals surface area contributed by atoms with Gasteiger partial charge in [0.05, 0.1) is 4.90 Å². The second kappa shape index (κ2) is 5.55. The maximum absolute atomic E-state index is 12.5. The lowest BCUT2D eigenvalue weighted by molar-refractivity contribution is -0.110. The Bertz CT molecular complexity index is 1220. The summed E-state index contributed by atoms with van der Waals surface area (Å²) in [4.78, 5) is 12.5. The second-order valence-corrected chi connectivity index (χ2v) is 7.90. The van der Waals surface area contributed by atoms with Gasteiger partial charge in [-0.25, -0.2) is 13.6 Å². The number of para-hydroxylation sites is 1. The minimum absolute atomic E-state index is 0.0201. The molecule has 0 radical (unpaired) electrons. The van der Waals surface area contributed by atoms with E-state index in [4.69, 9.17) is 5.14 Å². The first-order valence-electron chi connectivity index (χ1n) is 8.01. The van der Waals surface area contributed by atoms with Gasteiger partial charge in [-0.2, -0.15) is 0 Å². The van der Waals surface area contributed by atoms with Crippen LogP contribution in [0.2, 0.25) is 0 Å². The van der Waals surface area contributed by atoms with Gasteiger partial charge in [0.25, 0.3) is 5.91 Å². The number of hydrogen-bond acceptors (Lipinski definition) is 3. The first-order valence-corrected chi connectivity index (χ1v) is 9.56. The molecule has 0 atom stereocenters. The normalized spacial score (nSPS) is 15.5. The number of aromatic nitrogens is 1. The molecule has 3 aromatic rings. The van der Waals surface area contributed by atoms with Crippen LogP contribution in [0, 0.1) is 6.92 Å². The number of carbonyl (C=O) groups excluding carboxylic acids is 1. The first kappa shape index (κ1) is 16.6. The summed E-state index contributed by atoms with van der Waals surface area (Å²) < 4.78 is 25.4. The van der Waals surface area contributed by atoms with Crippen molar-refractivity contribution in [2.24, 2.45) is 12.2 Å². The third kappa shape index (κ3) is 2.44. The molecule has 0 bridgehead atoms. The van der Waals surface area contributed by atoms with E-state index in [2.05, 4.69) is 9.88 Å². The summed E-state index contributed by atoms with van der Waals surface area (Å²) in [5.41, 5.74) is 4.55. The van der Waals surface area contributed by atoms with Crippen LogP contribution < -0.4 is 10.5 Å². The number of benzene rings is 2. The molecule has 0 fully saturated rings. The fraction of sp³-hybridized carbons (Fsp3) is 0.105. The number of anilines is 1. The van der Waals surface area contributed by atoms with Crippen molar-refractivity contribution in [3.8, 4) is 0 Å². The summed E-state index contributed by atoms with van der Waals surface area (Å²) >= 11 is 0. The predicted octanol–water partition coefficient (Wildman–Crippen LogP) is 2.63. The number of amides is 1. The Morgan fingerprint density at radius 3 is 2.62 bits per heavy atom. The lowest BCUT2D eigenvalue weighted by Crippen LogP contribution is -2.12. The van der Waals surface area contributed by atoms with E-state index >= 15 is 0 Å². The van der Waals surface area contributed by atoms with E-state index in [-0.39, 0.29) is 10.8 Å². The number of nitrogens with one attached hydrogen (secondary N) is 1. The Hall–Kier alpha value is -2.90. The lowest BCUT2D eigenvalue weighted by atomic mass is 10.0. The molecular weight excluding hydrogens is 350 g/mol. The van der Waals surface area contributed by atoms with Crippen molar-refractivity contribution >= 4 is 44.2 Å². The van der Waals surface area contributed by atoms with E-state index in [0.29, 0.717) is 16.8 Å². The number of rotatable bonds is 2.